The molecule has 20 heavy (non-hydrogen) atoms. The summed E-state index contributed by atoms with van der Waals surface area (Å²) >= 11 is 5.79. The smallest absolute Gasteiger partial charge is 0.242 e. The molecule has 0 saturated carbocycles. The van der Waals surface area contributed by atoms with E-state index in [1.165, 1.54) is 18.5 Å². The van der Waals surface area contributed by atoms with Crippen molar-refractivity contribution in [3.05, 3.63) is 23.5 Å². The van der Waals surface area contributed by atoms with E-state index >= 15 is 0 Å². The van der Waals surface area contributed by atoms with Crippen molar-refractivity contribution in [2.75, 3.05) is 0 Å². The van der Waals surface area contributed by atoms with Crippen LogP contribution in [0, 0.1) is 0 Å². The molecular weight excluding hydrogens is 321 g/mol. The Morgan fingerprint density at radius 1 is 1.25 bits per heavy atom. The molecule has 2 N–H and O–H groups in total. The molecule has 3 heterocycles. The Labute approximate surface area is 130 Å². The lowest BCUT2D eigenvalue weighted by molar-refractivity contribution is 0.345. The fraction of sp³-hybridized carbons (Fsp3) is 0.583. The first kappa shape index (κ1) is 16.0. The van der Waals surface area contributed by atoms with Gasteiger partial charge in [-0.05, 0) is 31.7 Å². The van der Waals surface area contributed by atoms with Crippen LogP contribution in [0.2, 0.25) is 5.02 Å². The Balaban J connectivity index is 0.00000147. The molecule has 1 aromatic heterocycles. The van der Waals surface area contributed by atoms with Crippen molar-refractivity contribution in [3.63, 3.8) is 0 Å². The molecule has 5 nitrogen and oxygen atoms in total. The van der Waals surface area contributed by atoms with Gasteiger partial charge in [-0.25, -0.2) is 13.1 Å². The summed E-state index contributed by atoms with van der Waals surface area (Å²) in [5, 5.41) is 3.81. The van der Waals surface area contributed by atoms with Crippen molar-refractivity contribution < 1.29 is 8.42 Å². The second-order valence-electron chi connectivity index (χ2n) is 5.27. The van der Waals surface area contributed by atoms with Crippen LogP contribution in [0.15, 0.2) is 23.4 Å². The minimum atomic E-state index is -3.53. The van der Waals surface area contributed by atoms with E-state index in [9.17, 15) is 8.42 Å². The molecule has 0 amide bonds. The summed E-state index contributed by atoms with van der Waals surface area (Å²) in [5.74, 6) is 0. The third-order valence-electron chi connectivity index (χ3n) is 3.78. The first-order valence-corrected chi connectivity index (χ1v) is 8.28. The van der Waals surface area contributed by atoms with Gasteiger partial charge < -0.3 is 5.32 Å². The van der Waals surface area contributed by atoms with Crippen LogP contribution >= 0.6 is 24.0 Å². The first-order valence-electron chi connectivity index (χ1n) is 6.42. The Hall–Kier alpha value is -0.400. The Morgan fingerprint density at radius 2 is 1.90 bits per heavy atom. The quantitative estimate of drug-likeness (QED) is 0.880. The standard InChI is InChI=1S/C12H16ClN3O2S.ClH/c13-8-3-12(7-14-6-8)19(17,18)16-11-4-9-1-2-10(5-11)15-9;/h3,6-7,9-11,15-16H,1-2,4-5H2;1H. The molecule has 2 atom stereocenters. The molecule has 2 saturated heterocycles. The average molecular weight is 338 g/mol. The number of pyridine rings is 1. The molecule has 1 aromatic rings. The van der Waals surface area contributed by atoms with Crippen LogP contribution in [0.3, 0.4) is 0 Å². The highest BCUT2D eigenvalue weighted by molar-refractivity contribution is 7.89. The SMILES string of the molecule is Cl.O=S(=O)(NC1CC2CCC(C1)N2)c1cncc(Cl)c1. The molecule has 2 unspecified atom stereocenters. The zero-order valence-corrected chi connectivity index (χ0v) is 13.1. The lowest BCUT2D eigenvalue weighted by Crippen LogP contribution is -2.47. The first-order chi connectivity index (χ1) is 9.03. The lowest BCUT2D eigenvalue weighted by atomic mass is 10.0. The van der Waals surface area contributed by atoms with E-state index in [1.54, 1.807) is 0 Å². The van der Waals surface area contributed by atoms with E-state index in [4.69, 9.17) is 11.6 Å². The van der Waals surface area contributed by atoms with Gasteiger partial charge in [0.15, 0.2) is 0 Å². The van der Waals surface area contributed by atoms with Crippen molar-refractivity contribution in [2.45, 2.75) is 48.7 Å². The number of nitrogens with zero attached hydrogens (tertiary/aromatic N) is 1. The maximum absolute atomic E-state index is 12.3. The summed E-state index contributed by atoms with van der Waals surface area (Å²) in [4.78, 5) is 3.95. The summed E-state index contributed by atoms with van der Waals surface area (Å²) in [5.41, 5.74) is 0. The molecule has 0 radical (unpaired) electrons. The predicted molar refractivity (Wildman–Crippen MR) is 79.8 cm³/mol. The van der Waals surface area contributed by atoms with Gasteiger partial charge in [-0.1, -0.05) is 11.6 Å². The van der Waals surface area contributed by atoms with Gasteiger partial charge in [-0.2, -0.15) is 0 Å². The van der Waals surface area contributed by atoms with Crippen LogP contribution in [0.4, 0.5) is 0 Å². The lowest BCUT2D eigenvalue weighted by Gasteiger charge is -2.29. The van der Waals surface area contributed by atoms with Gasteiger partial charge in [0.05, 0.1) is 5.02 Å². The summed E-state index contributed by atoms with van der Waals surface area (Å²) in [6.45, 7) is 0. The second kappa shape index (κ2) is 6.15. The van der Waals surface area contributed by atoms with Gasteiger partial charge >= 0.3 is 0 Å². The number of fused-ring (bicyclic) bond motifs is 2. The monoisotopic (exact) mass is 337 g/mol. The zero-order valence-electron chi connectivity index (χ0n) is 10.8. The van der Waals surface area contributed by atoms with E-state index in [0.717, 1.165) is 25.7 Å². The highest BCUT2D eigenvalue weighted by atomic mass is 35.5. The van der Waals surface area contributed by atoms with Crippen molar-refractivity contribution in [2.24, 2.45) is 0 Å². The molecule has 112 valence electrons. The van der Waals surface area contributed by atoms with E-state index in [0.29, 0.717) is 17.1 Å². The van der Waals surface area contributed by atoms with Crippen molar-refractivity contribution >= 4 is 34.0 Å². The van der Waals surface area contributed by atoms with Crippen molar-refractivity contribution in [1.82, 2.24) is 15.0 Å². The third kappa shape index (κ3) is 3.43. The van der Waals surface area contributed by atoms with E-state index < -0.39 is 10.0 Å². The molecule has 2 fully saturated rings. The molecule has 2 bridgehead atoms. The van der Waals surface area contributed by atoms with Gasteiger partial charge in [0.1, 0.15) is 4.90 Å². The minimum Gasteiger partial charge on any atom is -0.311 e. The predicted octanol–water partition coefficient (Wildman–Crippen LogP) is 1.72. The largest absolute Gasteiger partial charge is 0.311 e. The molecular formula is C12H17Cl2N3O2S. The molecule has 0 aromatic carbocycles. The Kier molecular flexibility index (Phi) is 4.92. The van der Waals surface area contributed by atoms with Crippen LogP contribution < -0.4 is 10.0 Å². The van der Waals surface area contributed by atoms with Crippen LogP contribution in [-0.2, 0) is 10.0 Å². The van der Waals surface area contributed by atoms with Gasteiger partial charge in [-0.15, -0.1) is 12.4 Å². The molecule has 2 aliphatic heterocycles. The summed E-state index contributed by atoms with van der Waals surface area (Å²) in [6.07, 6.45) is 6.73. The van der Waals surface area contributed by atoms with Gasteiger partial charge in [0.2, 0.25) is 10.0 Å². The highest BCUT2D eigenvalue weighted by Gasteiger charge is 2.35. The van der Waals surface area contributed by atoms with E-state index in [1.807, 2.05) is 0 Å². The summed E-state index contributed by atoms with van der Waals surface area (Å²) in [7, 11) is -3.53. The zero-order chi connectivity index (χ0) is 13.5. The normalized spacial score (nSPS) is 28.9. The minimum absolute atomic E-state index is 0. The highest BCUT2D eigenvalue weighted by Crippen LogP contribution is 2.27. The number of piperidine rings is 1. The molecule has 0 spiro atoms. The number of hydrogen-bond donors (Lipinski definition) is 2. The van der Waals surface area contributed by atoms with Gasteiger partial charge in [0, 0.05) is 30.5 Å². The number of nitrogens with one attached hydrogen (secondary N) is 2. The summed E-state index contributed by atoms with van der Waals surface area (Å²) < 4.78 is 27.3. The average Bonchev–Trinajstić information content (AvgIpc) is 2.68. The summed E-state index contributed by atoms with van der Waals surface area (Å²) in [6, 6.07) is 2.32. The fourth-order valence-corrected chi connectivity index (χ4v) is 4.47. The number of rotatable bonds is 3. The third-order valence-corrected chi connectivity index (χ3v) is 5.48. The number of hydrogen-bond acceptors (Lipinski definition) is 4. The number of halogens is 2. The Morgan fingerprint density at radius 3 is 2.50 bits per heavy atom. The van der Waals surface area contributed by atoms with Gasteiger partial charge in [-0.3, -0.25) is 4.98 Å². The van der Waals surface area contributed by atoms with E-state index in [2.05, 4.69) is 15.0 Å². The van der Waals surface area contributed by atoms with Crippen LogP contribution in [0.5, 0.6) is 0 Å². The number of sulfonamides is 1. The van der Waals surface area contributed by atoms with Crippen LogP contribution in [0.1, 0.15) is 25.7 Å². The van der Waals surface area contributed by atoms with Crippen molar-refractivity contribution in [1.29, 1.82) is 0 Å². The molecule has 3 rings (SSSR count). The van der Waals surface area contributed by atoms with Crippen LogP contribution in [0.25, 0.3) is 0 Å². The molecule has 0 aliphatic carbocycles. The topological polar surface area (TPSA) is 71.1 Å². The van der Waals surface area contributed by atoms with Crippen molar-refractivity contribution in [3.8, 4) is 0 Å². The molecule has 2 aliphatic rings. The second-order valence-corrected chi connectivity index (χ2v) is 7.42. The maximum Gasteiger partial charge on any atom is 0.242 e. The van der Waals surface area contributed by atoms with Crippen LogP contribution in [-0.4, -0.2) is 31.5 Å². The maximum atomic E-state index is 12.3. The Bertz CT molecular complexity index is 570. The molecule has 8 heteroatoms. The number of aromatic nitrogens is 1. The van der Waals surface area contributed by atoms with Gasteiger partial charge in [0.25, 0.3) is 0 Å². The van der Waals surface area contributed by atoms with E-state index in [-0.39, 0.29) is 23.3 Å². The fourth-order valence-electron chi connectivity index (χ4n) is 2.98.